The van der Waals surface area contributed by atoms with Gasteiger partial charge in [-0.1, -0.05) is 0 Å². The zero-order valence-electron chi connectivity index (χ0n) is 13.7. The van der Waals surface area contributed by atoms with Crippen LogP contribution in [0.25, 0.3) is 0 Å². The highest BCUT2D eigenvalue weighted by atomic mass is 16.5. The molecule has 124 valence electrons. The second-order valence-corrected chi connectivity index (χ2v) is 6.04. The number of nitrogens with zero attached hydrogens (tertiary/aromatic N) is 3. The van der Waals surface area contributed by atoms with Crippen LogP contribution in [0.5, 0.6) is 0 Å². The smallest absolute Gasteiger partial charge is 0.222 e. The number of H-pyrrole nitrogens is 1. The van der Waals surface area contributed by atoms with E-state index in [2.05, 4.69) is 32.4 Å². The fourth-order valence-corrected chi connectivity index (χ4v) is 2.98. The van der Waals surface area contributed by atoms with Crippen molar-refractivity contribution in [3.05, 3.63) is 28.7 Å². The van der Waals surface area contributed by atoms with Gasteiger partial charge in [-0.2, -0.15) is 10.1 Å². The van der Waals surface area contributed by atoms with Crippen molar-refractivity contribution in [3.63, 3.8) is 0 Å². The van der Waals surface area contributed by atoms with E-state index in [0.717, 1.165) is 61.9 Å². The van der Waals surface area contributed by atoms with Gasteiger partial charge in [-0.05, 0) is 38.7 Å². The summed E-state index contributed by atoms with van der Waals surface area (Å²) >= 11 is 0. The molecule has 1 aliphatic rings. The Hall–Kier alpha value is -2.15. The second kappa shape index (κ2) is 6.95. The minimum atomic E-state index is 0.318. The summed E-state index contributed by atoms with van der Waals surface area (Å²) in [6.45, 7) is 6.44. The van der Waals surface area contributed by atoms with E-state index in [0.29, 0.717) is 11.9 Å². The summed E-state index contributed by atoms with van der Waals surface area (Å²) in [4.78, 5) is 8.61. The zero-order chi connectivity index (χ0) is 16.2. The molecule has 4 N–H and O–H groups in total. The van der Waals surface area contributed by atoms with Gasteiger partial charge in [-0.3, -0.25) is 5.10 Å². The summed E-state index contributed by atoms with van der Waals surface area (Å²) in [5, 5.41) is 10.6. The Morgan fingerprint density at radius 3 is 2.96 bits per heavy atom. The van der Waals surface area contributed by atoms with E-state index in [1.165, 1.54) is 5.56 Å². The summed E-state index contributed by atoms with van der Waals surface area (Å²) in [5.41, 5.74) is 10.3. The van der Waals surface area contributed by atoms with Crippen molar-refractivity contribution in [1.29, 1.82) is 0 Å². The summed E-state index contributed by atoms with van der Waals surface area (Å²) < 4.78 is 5.42. The van der Waals surface area contributed by atoms with Crippen molar-refractivity contribution in [3.8, 4) is 0 Å². The van der Waals surface area contributed by atoms with Crippen molar-refractivity contribution in [2.75, 3.05) is 30.8 Å². The molecule has 1 atom stereocenters. The highest BCUT2D eigenvalue weighted by Gasteiger charge is 2.20. The number of nitrogens with one attached hydrogen (secondary N) is 2. The van der Waals surface area contributed by atoms with Gasteiger partial charge in [-0.25, -0.2) is 4.98 Å². The first kappa shape index (κ1) is 15.7. The predicted molar refractivity (Wildman–Crippen MR) is 89.5 cm³/mol. The van der Waals surface area contributed by atoms with Crippen LogP contribution < -0.4 is 11.1 Å². The number of ether oxygens (including phenoxy) is 1. The Bertz CT molecular complexity index is 643. The van der Waals surface area contributed by atoms with Gasteiger partial charge in [-0.15, -0.1) is 0 Å². The third-order valence-corrected chi connectivity index (χ3v) is 4.30. The maximum Gasteiger partial charge on any atom is 0.222 e. The molecule has 1 saturated heterocycles. The molecule has 0 bridgehead atoms. The third kappa shape index (κ3) is 3.79. The van der Waals surface area contributed by atoms with Crippen LogP contribution in [0, 0.1) is 13.8 Å². The summed E-state index contributed by atoms with van der Waals surface area (Å²) in [6, 6.07) is 1.99. The molecule has 0 aromatic carbocycles. The zero-order valence-corrected chi connectivity index (χ0v) is 13.7. The Morgan fingerprint density at radius 1 is 1.39 bits per heavy atom. The monoisotopic (exact) mass is 316 g/mol. The van der Waals surface area contributed by atoms with Crippen LogP contribution >= 0.6 is 0 Å². The van der Waals surface area contributed by atoms with Crippen LogP contribution in [0.15, 0.2) is 6.07 Å². The van der Waals surface area contributed by atoms with Crippen LogP contribution in [0.4, 0.5) is 11.8 Å². The first-order valence-corrected chi connectivity index (χ1v) is 8.10. The van der Waals surface area contributed by atoms with Crippen LogP contribution in [-0.2, 0) is 11.2 Å². The topological polar surface area (TPSA) is 102 Å². The molecule has 3 rings (SSSR count). The molecular formula is C16H24N6O. The number of aromatic amines is 1. The summed E-state index contributed by atoms with van der Waals surface area (Å²) in [5.74, 6) is 1.44. The molecule has 2 aromatic heterocycles. The van der Waals surface area contributed by atoms with Crippen LogP contribution in [0.2, 0.25) is 0 Å². The largest absolute Gasteiger partial charge is 0.381 e. The summed E-state index contributed by atoms with van der Waals surface area (Å²) in [6.07, 6.45) is 2.99. The molecule has 7 nitrogen and oxygen atoms in total. The third-order valence-electron chi connectivity index (χ3n) is 4.30. The van der Waals surface area contributed by atoms with Crippen LogP contribution in [0.3, 0.4) is 0 Å². The fraction of sp³-hybridized carbons (Fsp3) is 0.562. The van der Waals surface area contributed by atoms with E-state index < -0.39 is 0 Å². The van der Waals surface area contributed by atoms with E-state index in [4.69, 9.17) is 10.5 Å². The van der Waals surface area contributed by atoms with E-state index in [1.807, 2.05) is 13.0 Å². The first-order valence-electron chi connectivity index (χ1n) is 8.10. The molecule has 0 amide bonds. The van der Waals surface area contributed by atoms with Crippen molar-refractivity contribution >= 4 is 11.8 Å². The Balaban J connectivity index is 1.55. The molecule has 1 aliphatic heterocycles. The van der Waals surface area contributed by atoms with Crippen LogP contribution in [0.1, 0.15) is 41.4 Å². The van der Waals surface area contributed by atoms with Crippen molar-refractivity contribution in [2.24, 2.45) is 0 Å². The molecule has 0 saturated carbocycles. The quantitative estimate of drug-likeness (QED) is 0.704. The number of rotatable bonds is 6. The highest BCUT2D eigenvalue weighted by molar-refractivity contribution is 5.41. The van der Waals surface area contributed by atoms with E-state index in [1.54, 1.807) is 0 Å². The normalized spacial score (nSPS) is 17.6. The fourth-order valence-electron chi connectivity index (χ4n) is 2.98. The number of nitrogen functional groups attached to an aromatic ring is 1. The number of anilines is 2. The molecule has 23 heavy (non-hydrogen) atoms. The predicted octanol–water partition coefficient (Wildman–Crippen LogP) is 1.95. The average molecular weight is 316 g/mol. The Morgan fingerprint density at radius 2 is 2.26 bits per heavy atom. The second-order valence-electron chi connectivity index (χ2n) is 6.04. The van der Waals surface area contributed by atoms with Crippen molar-refractivity contribution in [2.45, 2.75) is 39.0 Å². The maximum atomic E-state index is 5.83. The van der Waals surface area contributed by atoms with Gasteiger partial charge in [0.25, 0.3) is 0 Å². The van der Waals surface area contributed by atoms with Gasteiger partial charge in [0.15, 0.2) is 0 Å². The molecule has 2 aromatic rings. The van der Waals surface area contributed by atoms with Gasteiger partial charge in [0.2, 0.25) is 5.95 Å². The van der Waals surface area contributed by atoms with Gasteiger partial charge in [0.1, 0.15) is 5.82 Å². The van der Waals surface area contributed by atoms with Crippen LogP contribution in [-0.4, -0.2) is 39.9 Å². The SMILES string of the molecule is Cc1n[nH]c(C)c1CCCNc1cc([C@@H]2CCOC2)nc(N)n1. The Labute approximate surface area is 136 Å². The molecular weight excluding hydrogens is 292 g/mol. The molecule has 0 unspecified atom stereocenters. The number of aromatic nitrogens is 4. The molecule has 0 spiro atoms. The lowest BCUT2D eigenvalue weighted by molar-refractivity contribution is 0.193. The van der Waals surface area contributed by atoms with Crippen molar-refractivity contribution in [1.82, 2.24) is 20.2 Å². The van der Waals surface area contributed by atoms with E-state index >= 15 is 0 Å². The van der Waals surface area contributed by atoms with Gasteiger partial charge in [0, 0.05) is 30.8 Å². The lowest BCUT2D eigenvalue weighted by Crippen LogP contribution is -2.10. The van der Waals surface area contributed by atoms with Gasteiger partial charge in [0.05, 0.1) is 18.0 Å². The van der Waals surface area contributed by atoms with E-state index in [9.17, 15) is 0 Å². The van der Waals surface area contributed by atoms with Gasteiger partial charge < -0.3 is 15.8 Å². The average Bonchev–Trinajstić information content (AvgIpc) is 3.15. The lowest BCUT2D eigenvalue weighted by atomic mass is 10.0. The molecule has 7 heteroatoms. The first-order chi connectivity index (χ1) is 11.1. The summed E-state index contributed by atoms with van der Waals surface area (Å²) in [7, 11) is 0. The molecule has 0 radical (unpaired) electrons. The minimum absolute atomic E-state index is 0.318. The van der Waals surface area contributed by atoms with Crippen molar-refractivity contribution < 1.29 is 4.74 Å². The Kier molecular flexibility index (Phi) is 4.76. The number of nitrogens with two attached hydrogens (primary N) is 1. The maximum absolute atomic E-state index is 5.83. The van der Waals surface area contributed by atoms with E-state index in [-0.39, 0.29) is 0 Å². The number of hydrogen-bond donors (Lipinski definition) is 3. The standard InChI is InChI=1S/C16H24N6O/c1-10-13(11(2)22-21-10)4-3-6-18-15-8-14(19-16(17)20-15)12-5-7-23-9-12/h8,12H,3-7,9H2,1-2H3,(H,21,22)(H3,17,18,19,20)/t12-/m1/s1. The van der Waals surface area contributed by atoms with Gasteiger partial charge >= 0.3 is 0 Å². The molecule has 3 heterocycles. The number of hydrogen-bond acceptors (Lipinski definition) is 6. The molecule has 1 fully saturated rings. The minimum Gasteiger partial charge on any atom is -0.381 e. The lowest BCUT2D eigenvalue weighted by Gasteiger charge is -2.11. The molecule has 0 aliphatic carbocycles. The number of aryl methyl sites for hydroxylation is 2. The highest BCUT2D eigenvalue weighted by Crippen LogP contribution is 2.25.